The fourth-order valence-corrected chi connectivity index (χ4v) is 0.397. The number of hydrogen-bond acceptors (Lipinski definition) is 2. The van der Waals surface area contributed by atoms with Gasteiger partial charge in [-0.1, -0.05) is 0 Å². The molecule has 0 unspecified atom stereocenters. The Bertz CT molecular complexity index is 56.4. The predicted octanol–water partition coefficient (Wildman–Crippen LogP) is 0.831. The highest BCUT2D eigenvalue weighted by Gasteiger charge is 1.82. The van der Waals surface area contributed by atoms with Gasteiger partial charge in [-0.25, -0.2) is 0 Å². The summed E-state index contributed by atoms with van der Waals surface area (Å²) in [5.74, 6) is 0.499. The van der Waals surface area contributed by atoms with Crippen LogP contribution in [0.15, 0.2) is 0 Å². The van der Waals surface area contributed by atoms with E-state index in [1.165, 1.54) is 0 Å². The molecule has 0 radical (unpaired) electrons. The molecule has 0 aliphatic carbocycles. The Morgan fingerprint density at radius 1 is 1.50 bits per heavy atom. The molecule has 8 heavy (non-hydrogen) atoms. The second-order valence-electron chi connectivity index (χ2n) is 1.26. The van der Waals surface area contributed by atoms with Crippen molar-refractivity contribution in [3.8, 4) is 0 Å². The van der Waals surface area contributed by atoms with Crippen molar-refractivity contribution in [1.82, 2.24) is 0 Å². The standard InChI is InChI=1S/C5H9ClO2/c6-2-5-8-4-1-3-7/h3H,1-2,4-5H2. The SMILES string of the molecule is O=CCCOCCCl. The summed E-state index contributed by atoms with van der Waals surface area (Å²) >= 11 is 5.27. The molecular formula is C5H9ClO2. The Hall–Kier alpha value is -0.0800. The van der Waals surface area contributed by atoms with E-state index in [1.54, 1.807) is 0 Å². The molecule has 0 aromatic rings. The summed E-state index contributed by atoms with van der Waals surface area (Å²) in [7, 11) is 0. The van der Waals surface area contributed by atoms with Crippen LogP contribution in [-0.4, -0.2) is 25.4 Å². The average molecular weight is 137 g/mol. The molecule has 0 bridgehead atoms. The molecule has 0 fully saturated rings. The maximum Gasteiger partial charge on any atom is 0.122 e. The van der Waals surface area contributed by atoms with Crippen LogP contribution in [0.1, 0.15) is 6.42 Å². The number of hydrogen-bond donors (Lipinski definition) is 0. The first-order valence-electron chi connectivity index (χ1n) is 2.49. The molecule has 0 heterocycles. The van der Waals surface area contributed by atoms with Gasteiger partial charge in [0.2, 0.25) is 0 Å². The van der Waals surface area contributed by atoms with E-state index in [2.05, 4.69) is 0 Å². The number of carbonyl (C=O) groups is 1. The summed E-state index contributed by atoms with van der Waals surface area (Å²) in [5, 5.41) is 0. The summed E-state index contributed by atoms with van der Waals surface area (Å²) in [6.45, 7) is 1.03. The third-order valence-electron chi connectivity index (χ3n) is 0.602. The van der Waals surface area contributed by atoms with Gasteiger partial charge in [0.1, 0.15) is 6.29 Å². The molecule has 0 aromatic carbocycles. The predicted molar refractivity (Wildman–Crippen MR) is 32.2 cm³/mol. The van der Waals surface area contributed by atoms with Crippen LogP contribution in [0, 0.1) is 0 Å². The van der Waals surface area contributed by atoms with Crippen LogP contribution in [-0.2, 0) is 9.53 Å². The number of halogens is 1. The Morgan fingerprint density at radius 2 is 2.25 bits per heavy atom. The largest absolute Gasteiger partial charge is 0.380 e. The second-order valence-corrected chi connectivity index (χ2v) is 1.63. The number of aldehydes is 1. The Labute approximate surface area is 53.8 Å². The molecule has 2 nitrogen and oxygen atoms in total. The molecule has 3 heteroatoms. The summed E-state index contributed by atoms with van der Waals surface area (Å²) in [4.78, 5) is 9.66. The second kappa shape index (κ2) is 6.92. The minimum atomic E-state index is 0.469. The molecule has 0 spiro atoms. The molecule has 48 valence electrons. The zero-order chi connectivity index (χ0) is 6.24. The number of ether oxygens (including phenoxy) is 1. The molecule has 0 amide bonds. The first-order chi connectivity index (χ1) is 3.91. The molecule has 0 atom stereocenters. The van der Waals surface area contributed by atoms with Gasteiger partial charge in [0.25, 0.3) is 0 Å². The van der Waals surface area contributed by atoms with Crippen LogP contribution in [0.2, 0.25) is 0 Å². The normalized spacial score (nSPS) is 9.12. The van der Waals surface area contributed by atoms with Gasteiger partial charge in [-0.15, -0.1) is 11.6 Å². The van der Waals surface area contributed by atoms with E-state index in [0.717, 1.165) is 6.29 Å². The molecule has 0 N–H and O–H groups in total. The summed E-state index contributed by atoms with van der Waals surface area (Å²) < 4.78 is 4.86. The van der Waals surface area contributed by atoms with Gasteiger partial charge >= 0.3 is 0 Å². The maximum atomic E-state index is 9.66. The third kappa shape index (κ3) is 5.92. The van der Waals surface area contributed by atoms with E-state index in [1.807, 2.05) is 0 Å². The highest BCUT2D eigenvalue weighted by Crippen LogP contribution is 1.79. The van der Waals surface area contributed by atoms with Crippen LogP contribution in [0.5, 0.6) is 0 Å². The number of rotatable bonds is 5. The van der Waals surface area contributed by atoms with Crippen molar-refractivity contribution in [2.24, 2.45) is 0 Å². The topological polar surface area (TPSA) is 26.3 Å². The molecule has 0 rings (SSSR count). The molecule has 0 aromatic heterocycles. The van der Waals surface area contributed by atoms with Crippen molar-refractivity contribution >= 4 is 17.9 Å². The average Bonchev–Trinajstić information content (AvgIpc) is 1.81. The summed E-state index contributed by atoms with van der Waals surface area (Å²) in [6.07, 6.45) is 1.30. The lowest BCUT2D eigenvalue weighted by Crippen LogP contribution is -1.97. The fraction of sp³-hybridized carbons (Fsp3) is 0.800. The third-order valence-corrected chi connectivity index (χ3v) is 0.756. The zero-order valence-electron chi connectivity index (χ0n) is 4.60. The van der Waals surface area contributed by atoms with Crippen molar-refractivity contribution in [2.45, 2.75) is 6.42 Å². The van der Waals surface area contributed by atoms with Gasteiger partial charge in [-0.2, -0.15) is 0 Å². The van der Waals surface area contributed by atoms with Crippen LogP contribution in [0.4, 0.5) is 0 Å². The van der Waals surface area contributed by atoms with Crippen molar-refractivity contribution in [2.75, 3.05) is 19.1 Å². The lowest BCUT2D eigenvalue weighted by atomic mass is 10.5. The van der Waals surface area contributed by atoms with Crippen molar-refractivity contribution in [3.05, 3.63) is 0 Å². The van der Waals surface area contributed by atoms with Gasteiger partial charge in [0, 0.05) is 12.3 Å². The number of carbonyl (C=O) groups excluding carboxylic acids is 1. The van der Waals surface area contributed by atoms with E-state index in [4.69, 9.17) is 16.3 Å². The van der Waals surface area contributed by atoms with Crippen molar-refractivity contribution in [1.29, 1.82) is 0 Å². The highest BCUT2D eigenvalue weighted by molar-refractivity contribution is 6.17. The monoisotopic (exact) mass is 136 g/mol. The molecule has 0 aliphatic heterocycles. The Balaban J connectivity index is 2.62. The van der Waals surface area contributed by atoms with Gasteiger partial charge in [-0.05, 0) is 0 Å². The smallest absolute Gasteiger partial charge is 0.122 e. The summed E-state index contributed by atoms with van der Waals surface area (Å²) in [6, 6.07) is 0. The molecule has 0 saturated carbocycles. The van der Waals surface area contributed by atoms with E-state index in [-0.39, 0.29) is 0 Å². The number of alkyl halides is 1. The highest BCUT2D eigenvalue weighted by atomic mass is 35.5. The van der Waals surface area contributed by atoms with E-state index < -0.39 is 0 Å². The maximum absolute atomic E-state index is 9.66. The van der Waals surface area contributed by atoms with Crippen molar-refractivity contribution in [3.63, 3.8) is 0 Å². The van der Waals surface area contributed by atoms with Crippen LogP contribution < -0.4 is 0 Å². The van der Waals surface area contributed by atoms with Gasteiger partial charge in [-0.3, -0.25) is 0 Å². The van der Waals surface area contributed by atoms with Crippen LogP contribution in [0.25, 0.3) is 0 Å². The lowest BCUT2D eigenvalue weighted by molar-refractivity contribution is -0.108. The first kappa shape index (κ1) is 7.92. The Morgan fingerprint density at radius 3 is 2.75 bits per heavy atom. The fourth-order valence-electron chi connectivity index (χ4n) is 0.288. The Kier molecular flexibility index (Phi) is 6.85. The minimum absolute atomic E-state index is 0.469. The minimum Gasteiger partial charge on any atom is -0.380 e. The summed E-state index contributed by atoms with van der Waals surface area (Å²) in [5.41, 5.74) is 0. The molecule has 0 aliphatic rings. The van der Waals surface area contributed by atoms with Crippen LogP contribution in [0.3, 0.4) is 0 Å². The van der Waals surface area contributed by atoms with E-state index in [9.17, 15) is 4.79 Å². The van der Waals surface area contributed by atoms with Gasteiger partial charge < -0.3 is 9.53 Å². The van der Waals surface area contributed by atoms with Crippen LogP contribution >= 0.6 is 11.6 Å². The van der Waals surface area contributed by atoms with Gasteiger partial charge in [0.15, 0.2) is 0 Å². The quantitative estimate of drug-likeness (QED) is 0.318. The van der Waals surface area contributed by atoms with E-state index >= 15 is 0 Å². The van der Waals surface area contributed by atoms with Crippen molar-refractivity contribution < 1.29 is 9.53 Å². The first-order valence-corrected chi connectivity index (χ1v) is 3.02. The molecule has 0 saturated heterocycles. The van der Waals surface area contributed by atoms with Gasteiger partial charge in [0.05, 0.1) is 13.2 Å². The van der Waals surface area contributed by atoms with E-state index in [0.29, 0.717) is 25.5 Å². The molecular weight excluding hydrogens is 128 g/mol. The lowest BCUT2D eigenvalue weighted by Gasteiger charge is -1.94. The zero-order valence-corrected chi connectivity index (χ0v) is 5.36.